The summed E-state index contributed by atoms with van der Waals surface area (Å²) in [6.45, 7) is 3.64. The van der Waals surface area contributed by atoms with Crippen molar-refractivity contribution in [1.82, 2.24) is 5.43 Å². The number of nitrogens with one attached hydrogen (secondary N) is 1. The van der Waals surface area contributed by atoms with E-state index in [4.69, 9.17) is 27.9 Å². The van der Waals surface area contributed by atoms with E-state index in [0.717, 1.165) is 0 Å². The number of hydrazone groups is 1. The molecule has 25 heavy (non-hydrogen) atoms. The Hall–Kier alpha value is -2.50. The van der Waals surface area contributed by atoms with Gasteiger partial charge in [0.25, 0.3) is 5.91 Å². The third-order valence-electron chi connectivity index (χ3n) is 3.34. The first-order valence-corrected chi connectivity index (χ1v) is 8.01. The van der Waals surface area contributed by atoms with Gasteiger partial charge in [0, 0.05) is 10.6 Å². The molecule has 0 bridgehead atoms. The van der Waals surface area contributed by atoms with Crippen molar-refractivity contribution < 1.29 is 14.6 Å². The maximum Gasteiger partial charge on any atom is 0.275 e. The number of amides is 1. The Labute approximate surface area is 155 Å². The molecule has 0 unspecified atom stereocenters. The first-order valence-electron chi connectivity index (χ1n) is 7.26. The van der Waals surface area contributed by atoms with Gasteiger partial charge in [0.1, 0.15) is 11.5 Å². The Morgan fingerprint density at radius 2 is 2.16 bits per heavy atom. The lowest BCUT2D eigenvalue weighted by Crippen LogP contribution is -2.18. The van der Waals surface area contributed by atoms with Crippen molar-refractivity contribution in [3.05, 3.63) is 69.7 Å². The number of aromatic hydroxyl groups is 1. The van der Waals surface area contributed by atoms with Gasteiger partial charge in [0.2, 0.25) is 0 Å². The molecular formula is C18H16Cl2N2O3. The van der Waals surface area contributed by atoms with Crippen LogP contribution < -0.4 is 10.2 Å². The van der Waals surface area contributed by atoms with E-state index in [0.29, 0.717) is 22.6 Å². The Bertz CT molecular complexity index is 835. The number of allylic oxidation sites excluding steroid dienone is 1. The number of phenols is 1. The average molecular weight is 379 g/mol. The molecule has 2 rings (SSSR count). The summed E-state index contributed by atoms with van der Waals surface area (Å²) in [7, 11) is 1.40. The summed E-state index contributed by atoms with van der Waals surface area (Å²) in [6.07, 6.45) is 3.56. The number of benzene rings is 2. The summed E-state index contributed by atoms with van der Waals surface area (Å²) in [4.78, 5) is 12.3. The molecule has 2 aromatic carbocycles. The van der Waals surface area contributed by atoms with Crippen LogP contribution in [0.2, 0.25) is 10.0 Å². The maximum absolute atomic E-state index is 12.3. The topological polar surface area (TPSA) is 70.9 Å². The Morgan fingerprint density at radius 1 is 1.40 bits per heavy atom. The molecule has 5 nitrogen and oxygen atoms in total. The van der Waals surface area contributed by atoms with Crippen LogP contribution in [0.4, 0.5) is 0 Å². The molecule has 2 aromatic rings. The summed E-state index contributed by atoms with van der Waals surface area (Å²) in [5.74, 6) is -0.252. The molecule has 0 aliphatic rings. The van der Waals surface area contributed by atoms with Crippen LogP contribution >= 0.6 is 23.2 Å². The minimum Gasteiger partial charge on any atom is -0.507 e. The van der Waals surface area contributed by atoms with E-state index < -0.39 is 5.91 Å². The fraction of sp³-hybridized carbons (Fsp3) is 0.111. The average Bonchev–Trinajstić information content (AvgIpc) is 2.57. The van der Waals surface area contributed by atoms with Crippen molar-refractivity contribution in [2.24, 2.45) is 5.10 Å². The van der Waals surface area contributed by atoms with E-state index in [1.165, 1.54) is 25.5 Å². The van der Waals surface area contributed by atoms with Crippen molar-refractivity contribution >= 4 is 35.3 Å². The highest BCUT2D eigenvalue weighted by Gasteiger charge is 2.16. The highest BCUT2D eigenvalue weighted by atomic mass is 35.5. The molecule has 130 valence electrons. The van der Waals surface area contributed by atoms with Gasteiger partial charge < -0.3 is 9.84 Å². The number of rotatable bonds is 6. The van der Waals surface area contributed by atoms with Gasteiger partial charge in [-0.15, -0.1) is 6.58 Å². The van der Waals surface area contributed by atoms with Gasteiger partial charge in [-0.2, -0.15) is 5.10 Å². The van der Waals surface area contributed by atoms with Crippen molar-refractivity contribution in [1.29, 1.82) is 0 Å². The molecule has 0 heterocycles. The van der Waals surface area contributed by atoms with Crippen LogP contribution in [0.3, 0.4) is 0 Å². The third kappa shape index (κ3) is 4.53. The Balaban J connectivity index is 2.19. The number of carbonyl (C=O) groups excluding carboxylic acids is 1. The molecule has 0 aliphatic carbocycles. The normalized spacial score (nSPS) is 10.7. The summed E-state index contributed by atoms with van der Waals surface area (Å²) in [5, 5.41) is 14.5. The molecule has 0 aliphatic heterocycles. The minimum absolute atomic E-state index is 0.0868. The number of methoxy groups -OCH3 is 1. The minimum atomic E-state index is -0.542. The third-order valence-corrected chi connectivity index (χ3v) is 3.84. The molecule has 0 radical (unpaired) electrons. The molecule has 1 amide bonds. The van der Waals surface area contributed by atoms with Crippen LogP contribution in [0.25, 0.3) is 0 Å². The number of phenolic OH excluding ortho intramolecular Hbond substituents is 1. The zero-order valence-corrected chi connectivity index (χ0v) is 14.9. The van der Waals surface area contributed by atoms with Gasteiger partial charge in [-0.3, -0.25) is 4.79 Å². The molecule has 0 saturated carbocycles. The van der Waals surface area contributed by atoms with Crippen molar-refractivity contribution in [3.63, 3.8) is 0 Å². The second-order valence-corrected chi connectivity index (χ2v) is 5.86. The monoisotopic (exact) mass is 378 g/mol. The molecule has 0 spiro atoms. The van der Waals surface area contributed by atoms with E-state index in [-0.39, 0.29) is 22.1 Å². The van der Waals surface area contributed by atoms with Crippen LogP contribution in [-0.2, 0) is 6.42 Å². The molecule has 0 fully saturated rings. The number of ether oxygens (including phenoxy) is 1. The van der Waals surface area contributed by atoms with Gasteiger partial charge in [0.15, 0.2) is 0 Å². The molecular weight excluding hydrogens is 363 g/mol. The van der Waals surface area contributed by atoms with Gasteiger partial charge in [-0.25, -0.2) is 5.43 Å². The summed E-state index contributed by atoms with van der Waals surface area (Å²) in [6, 6.07) is 8.14. The fourth-order valence-electron chi connectivity index (χ4n) is 2.19. The second-order valence-electron chi connectivity index (χ2n) is 5.02. The fourth-order valence-corrected chi connectivity index (χ4v) is 2.76. The molecule has 0 aromatic heterocycles. The lowest BCUT2D eigenvalue weighted by Gasteiger charge is -2.09. The van der Waals surface area contributed by atoms with Crippen LogP contribution in [0.5, 0.6) is 11.5 Å². The van der Waals surface area contributed by atoms with Crippen molar-refractivity contribution in [2.75, 3.05) is 7.11 Å². The van der Waals surface area contributed by atoms with Crippen LogP contribution in [-0.4, -0.2) is 24.3 Å². The SMILES string of the molecule is C=CCc1cccc(/C=N\NC(=O)c2cc(Cl)cc(Cl)c2OC)c1O. The number of halogens is 2. The summed E-state index contributed by atoms with van der Waals surface area (Å²) < 4.78 is 5.13. The van der Waals surface area contributed by atoms with Crippen molar-refractivity contribution in [2.45, 2.75) is 6.42 Å². The second kappa shape index (κ2) is 8.55. The summed E-state index contributed by atoms with van der Waals surface area (Å²) in [5.41, 5.74) is 3.70. The van der Waals surface area contributed by atoms with E-state index in [1.807, 2.05) is 0 Å². The largest absolute Gasteiger partial charge is 0.507 e. The van der Waals surface area contributed by atoms with Gasteiger partial charge in [0.05, 0.1) is 23.9 Å². The maximum atomic E-state index is 12.3. The smallest absolute Gasteiger partial charge is 0.275 e. The van der Waals surface area contributed by atoms with Crippen LogP contribution in [0.1, 0.15) is 21.5 Å². The number of hydrogen-bond donors (Lipinski definition) is 2. The predicted molar refractivity (Wildman–Crippen MR) is 100 cm³/mol. The standard InChI is InChI=1S/C18H16Cl2N2O3/c1-3-5-11-6-4-7-12(16(11)23)10-21-22-18(24)14-8-13(19)9-15(20)17(14)25-2/h3-4,6-10,23H,1,5H2,2H3,(H,22,24)/b21-10-. The van der Waals surface area contributed by atoms with Crippen molar-refractivity contribution in [3.8, 4) is 11.5 Å². The predicted octanol–water partition coefficient (Wildman–Crippen LogP) is 4.20. The summed E-state index contributed by atoms with van der Waals surface area (Å²) >= 11 is 11.9. The number of hydrogen-bond acceptors (Lipinski definition) is 4. The van der Waals surface area contributed by atoms with Crippen LogP contribution in [0, 0.1) is 0 Å². The van der Waals surface area contributed by atoms with Gasteiger partial charge >= 0.3 is 0 Å². The lowest BCUT2D eigenvalue weighted by atomic mass is 10.1. The van der Waals surface area contributed by atoms with E-state index in [9.17, 15) is 9.90 Å². The Morgan fingerprint density at radius 3 is 2.84 bits per heavy atom. The molecule has 7 heteroatoms. The first-order chi connectivity index (χ1) is 12.0. The Kier molecular flexibility index (Phi) is 6.44. The zero-order valence-electron chi connectivity index (χ0n) is 13.4. The van der Waals surface area contributed by atoms with E-state index in [2.05, 4.69) is 17.1 Å². The van der Waals surface area contributed by atoms with Crippen LogP contribution in [0.15, 0.2) is 48.1 Å². The zero-order chi connectivity index (χ0) is 18.4. The molecule has 2 N–H and O–H groups in total. The lowest BCUT2D eigenvalue weighted by molar-refractivity contribution is 0.0952. The first kappa shape index (κ1) is 18.8. The number of para-hydroxylation sites is 1. The number of carbonyl (C=O) groups is 1. The van der Waals surface area contributed by atoms with E-state index in [1.54, 1.807) is 24.3 Å². The van der Waals surface area contributed by atoms with Gasteiger partial charge in [-0.1, -0.05) is 41.4 Å². The highest BCUT2D eigenvalue weighted by Crippen LogP contribution is 2.32. The quantitative estimate of drug-likeness (QED) is 0.449. The van der Waals surface area contributed by atoms with E-state index >= 15 is 0 Å². The van der Waals surface area contributed by atoms with Gasteiger partial charge in [-0.05, 0) is 30.2 Å². The number of nitrogens with zero attached hydrogens (tertiary/aromatic N) is 1. The highest BCUT2D eigenvalue weighted by molar-refractivity contribution is 6.36. The molecule has 0 atom stereocenters. The molecule has 0 saturated heterocycles.